The molecule has 0 N–H and O–H groups in total. The summed E-state index contributed by atoms with van der Waals surface area (Å²) < 4.78 is 6.22. The maximum Gasteiger partial charge on any atom is 0.362 e. The number of hydrogen-bond donors (Lipinski definition) is 0. The Bertz CT molecular complexity index is 843. The molecule has 0 bridgehead atoms. The molecule has 28 heavy (non-hydrogen) atoms. The second-order valence-electron chi connectivity index (χ2n) is 8.57. The van der Waals surface area contributed by atoms with Gasteiger partial charge in [-0.05, 0) is 26.3 Å². The third kappa shape index (κ3) is 5.16. The number of esters is 1. The molecule has 1 saturated heterocycles. The van der Waals surface area contributed by atoms with E-state index in [0.29, 0.717) is 17.1 Å². The van der Waals surface area contributed by atoms with Gasteiger partial charge in [-0.1, -0.05) is 42.5 Å². The highest BCUT2D eigenvalue weighted by Gasteiger charge is 2.56. The predicted octanol–water partition coefficient (Wildman–Crippen LogP) is 3.88. The third-order valence-electron chi connectivity index (χ3n) is 5.04. The Balaban J connectivity index is 1.73. The SMILES string of the molecule is CC(C)(C)OC(=O)C[N+]1(Cc2ccccc2)C[C@@H]1Cc1ccc([N+](=O)[O-])cc1. The summed E-state index contributed by atoms with van der Waals surface area (Å²) in [5.41, 5.74) is 1.83. The second-order valence-corrected chi connectivity index (χ2v) is 8.57. The minimum Gasteiger partial charge on any atom is -0.456 e. The van der Waals surface area contributed by atoms with Crippen LogP contribution in [0.1, 0.15) is 31.9 Å². The van der Waals surface area contributed by atoms with Crippen molar-refractivity contribution in [3.63, 3.8) is 0 Å². The van der Waals surface area contributed by atoms with Gasteiger partial charge in [0.25, 0.3) is 5.69 Å². The van der Waals surface area contributed by atoms with Crippen molar-refractivity contribution in [2.75, 3.05) is 13.1 Å². The van der Waals surface area contributed by atoms with Crippen LogP contribution in [0.3, 0.4) is 0 Å². The number of ether oxygens (including phenoxy) is 1. The minimum atomic E-state index is -0.502. The van der Waals surface area contributed by atoms with Crippen LogP contribution in [-0.4, -0.2) is 40.1 Å². The average molecular weight is 383 g/mol. The van der Waals surface area contributed by atoms with Gasteiger partial charge in [-0.3, -0.25) is 14.6 Å². The van der Waals surface area contributed by atoms with Crippen LogP contribution in [0.15, 0.2) is 54.6 Å². The summed E-state index contributed by atoms with van der Waals surface area (Å²) >= 11 is 0. The topological polar surface area (TPSA) is 69.4 Å². The Morgan fingerprint density at radius 3 is 2.32 bits per heavy atom. The Morgan fingerprint density at radius 1 is 1.11 bits per heavy atom. The number of quaternary nitrogens is 1. The molecule has 6 nitrogen and oxygen atoms in total. The summed E-state index contributed by atoms with van der Waals surface area (Å²) in [4.78, 5) is 23.0. The van der Waals surface area contributed by atoms with Crippen LogP contribution in [0, 0.1) is 10.1 Å². The second kappa shape index (κ2) is 7.72. The van der Waals surface area contributed by atoms with E-state index in [1.165, 1.54) is 17.7 Å². The fourth-order valence-electron chi connectivity index (χ4n) is 3.68. The van der Waals surface area contributed by atoms with Crippen LogP contribution in [0.5, 0.6) is 0 Å². The molecule has 0 saturated carbocycles. The summed E-state index contributed by atoms with van der Waals surface area (Å²) in [6, 6.07) is 17.2. The molecule has 3 rings (SSSR count). The molecule has 0 spiro atoms. The van der Waals surface area contributed by atoms with Gasteiger partial charge in [0.1, 0.15) is 24.7 Å². The summed E-state index contributed by atoms with van der Waals surface area (Å²) in [7, 11) is 0. The first-order valence-electron chi connectivity index (χ1n) is 9.52. The van der Waals surface area contributed by atoms with Crippen LogP contribution in [0.25, 0.3) is 0 Å². The maximum atomic E-state index is 12.5. The third-order valence-corrected chi connectivity index (χ3v) is 5.04. The Morgan fingerprint density at radius 2 is 1.75 bits per heavy atom. The first-order valence-corrected chi connectivity index (χ1v) is 9.52. The summed E-state index contributed by atoms with van der Waals surface area (Å²) in [5, 5.41) is 10.8. The van der Waals surface area contributed by atoms with Crippen molar-refractivity contribution in [1.29, 1.82) is 0 Å². The van der Waals surface area contributed by atoms with Gasteiger partial charge >= 0.3 is 5.97 Å². The number of carbonyl (C=O) groups excluding carboxylic acids is 1. The number of hydrogen-bond acceptors (Lipinski definition) is 4. The van der Waals surface area contributed by atoms with Crippen LogP contribution < -0.4 is 0 Å². The molecule has 1 heterocycles. The lowest BCUT2D eigenvalue weighted by Gasteiger charge is -2.24. The molecule has 2 aromatic rings. The van der Waals surface area contributed by atoms with Crippen LogP contribution in [0.4, 0.5) is 5.69 Å². The molecular formula is C22H27N2O4+. The van der Waals surface area contributed by atoms with E-state index in [9.17, 15) is 14.9 Å². The number of benzene rings is 2. The zero-order chi connectivity index (χ0) is 20.4. The molecule has 1 unspecified atom stereocenters. The van der Waals surface area contributed by atoms with Crippen LogP contribution in [-0.2, 0) is 22.5 Å². The lowest BCUT2D eigenvalue weighted by molar-refractivity contribution is -0.820. The fourth-order valence-corrected chi connectivity index (χ4v) is 3.68. The number of non-ortho nitro benzene ring substituents is 1. The van der Waals surface area contributed by atoms with E-state index in [4.69, 9.17) is 4.74 Å². The van der Waals surface area contributed by atoms with Crippen molar-refractivity contribution in [3.05, 3.63) is 75.8 Å². The van der Waals surface area contributed by atoms with Crippen molar-refractivity contribution in [3.8, 4) is 0 Å². The van der Waals surface area contributed by atoms with E-state index in [2.05, 4.69) is 12.1 Å². The van der Waals surface area contributed by atoms with Gasteiger partial charge in [-0.15, -0.1) is 0 Å². The van der Waals surface area contributed by atoms with E-state index in [-0.39, 0.29) is 16.6 Å². The standard InChI is InChI=1S/C22H27N2O4/c1-22(2,3)28-21(25)16-24(14-18-7-5-4-6-8-18)15-20(24)13-17-9-11-19(12-10-17)23(26)27/h4-12,20H,13-16H2,1-3H3/q+1/t20-,24?/m0/s1. The van der Waals surface area contributed by atoms with E-state index in [0.717, 1.165) is 25.1 Å². The Hall–Kier alpha value is -2.73. The van der Waals surface area contributed by atoms with Crippen LogP contribution in [0.2, 0.25) is 0 Å². The predicted molar refractivity (Wildman–Crippen MR) is 107 cm³/mol. The highest BCUT2D eigenvalue weighted by molar-refractivity contribution is 5.71. The molecule has 148 valence electrons. The molecule has 2 atom stereocenters. The van der Waals surface area contributed by atoms with Crippen molar-refractivity contribution in [2.24, 2.45) is 0 Å². The van der Waals surface area contributed by atoms with Crippen molar-refractivity contribution in [2.45, 2.75) is 45.4 Å². The van der Waals surface area contributed by atoms with E-state index < -0.39 is 5.60 Å². The Kier molecular flexibility index (Phi) is 5.52. The highest BCUT2D eigenvalue weighted by atomic mass is 16.6. The van der Waals surface area contributed by atoms with Gasteiger partial charge in [0, 0.05) is 24.1 Å². The smallest absolute Gasteiger partial charge is 0.362 e. The number of nitro benzene ring substituents is 1. The van der Waals surface area contributed by atoms with E-state index >= 15 is 0 Å². The van der Waals surface area contributed by atoms with Crippen molar-refractivity contribution >= 4 is 11.7 Å². The lowest BCUT2D eigenvalue weighted by Crippen LogP contribution is -2.38. The normalized spacial score (nSPS) is 21.2. The van der Waals surface area contributed by atoms with Crippen molar-refractivity contribution in [1.82, 2.24) is 0 Å². The monoisotopic (exact) mass is 383 g/mol. The molecular weight excluding hydrogens is 356 g/mol. The largest absolute Gasteiger partial charge is 0.456 e. The molecule has 0 radical (unpaired) electrons. The maximum absolute atomic E-state index is 12.5. The van der Waals surface area contributed by atoms with Gasteiger partial charge < -0.3 is 4.74 Å². The number of carbonyl (C=O) groups is 1. The number of nitrogens with zero attached hydrogens (tertiary/aromatic N) is 2. The van der Waals surface area contributed by atoms with Crippen molar-refractivity contribution < 1.29 is 18.9 Å². The summed E-state index contributed by atoms with van der Waals surface area (Å²) in [6.07, 6.45) is 0.785. The molecule has 1 aliphatic heterocycles. The molecule has 1 fully saturated rings. The molecule has 1 aliphatic rings. The summed E-state index contributed by atoms with van der Waals surface area (Å²) in [5.74, 6) is -0.186. The van der Waals surface area contributed by atoms with Gasteiger partial charge in [0.2, 0.25) is 0 Å². The quantitative estimate of drug-likeness (QED) is 0.239. The molecule has 6 heteroatoms. The zero-order valence-electron chi connectivity index (χ0n) is 16.6. The zero-order valence-corrected chi connectivity index (χ0v) is 16.6. The lowest BCUT2D eigenvalue weighted by atomic mass is 10.1. The van der Waals surface area contributed by atoms with Gasteiger partial charge in [-0.25, -0.2) is 4.79 Å². The number of rotatable bonds is 7. The van der Waals surface area contributed by atoms with Gasteiger partial charge in [0.15, 0.2) is 6.54 Å². The first kappa shape index (κ1) is 20.0. The fraction of sp³-hybridized carbons (Fsp3) is 0.409. The molecule has 2 aromatic carbocycles. The van der Waals surface area contributed by atoms with Gasteiger partial charge in [-0.2, -0.15) is 0 Å². The Labute approximate surface area is 165 Å². The molecule has 0 amide bonds. The van der Waals surface area contributed by atoms with E-state index in [1.54, 1.807) is 12.1 Å². The van der Waals surface area contributed by atoms with Crippen LogP contribution >= 0.6 is 0 Å². The average Bonchev–Trinajstić information content (AvgIpc) is 3.25. The number of nitro groups is 1. The highest BCUT2D eigenvalue weighted by Crippen LogP contribution is 2.37. The molecule has 0 aliphatic carbocycles. The first-order chi connectivity index (χ1) is 13.2. The summed E-state index contributed by atoms with van der Waals surface area (Å²) in [6.45, 7) is 7.64. The minimum absolute atomic E-state index is 0.0957. The molecule has 0 aromatic heterocycles. The van der Waals surface area contributed by atoms with Gasteiger partial charge in [0.05, 0.1) is 4.92 Å². The van der Waals surface area contributed by atoms with E-state index in [1.807, 2.05) is 39.0 Å².